The second-order valence-electron chi connectivity index (χ2n) is 6.06. The maximum atomic E-state index is 10.6. The molecular formula is C17H35NO2. The molecule has 3 nitrogen and oxygen atoms in total. The van der Waals surface area contributed by atoms with Gasteiger partial charge in [-0.1, -0.05) is 34.1 Å². The van der Waals surface area contributed by atoms with Gasteiger partial charge in [0.1, 0.15) is 0 Å². The van der Waals surface area contributed by atoms with E-state index in [-0.39, 0.29) is 0 Å². The summed E-state index contributed by atoms with van der Waals surface area (Å²) in [6, 6.07) is 0. The van der Waals surface area contributed by atoms with Crippen LogP contribution in [0.4, 0.5) is 0 Å². The van der Waals surface area contributed by atoms with Gasteiger partial charge in [0.05, 0.1) is 12.2 Å². The lowest BCUT2D eigenvalue weighted by Gasteiger charge is -2.51. The van der Waals surface area contributed by atoms with Crippen molar-refractivity contribution in [2.24, 2.45) is 5.41 Å². The molecule has 0 aromatic rings. The molecule has 1 aliphatic heterocycles. The average Bonchev–Trinajstić information content (AvgIpc) is 2.40. The molecule has 0 radical (unpaired) electrons. The van der Waals surface area contributed by atoms with Crippen LogP contribution in [0, 0.1) is 5.41 Å². The molecule has 2 rings (SSSR count). The quantitative estimate of drug-likeness (QED) is 0.725. The van der Waals surface area contributed by atoms with Crippen molar-refractivity contribution < 1.29 is 9.53 Å². The normalized spacial score (nSPS) is 20.4. The Morgan fingerprint density at radius 1 is 1.20 bits per heavy atom. The topological polar surface area (TPSA) is 29.5 Å². The molecule has 1 amide bonds. The number of hydrogen-bond acceptors (Lipinski definition) is 2. The van der Waals surface area contributed by atoms with E-state index in [0.29, 0.717) is 17.6 Å². The van der Waals surface area contributed by atoms with Crippen molar-refractivity contribution in [3.05, 3.63) is 0 Å². The van der Waals surface area contributed by atoms with Gasteiger partial charge in [0.25, 0.3) is 0 Å². The third kappa shape index (κ3) is 6.25. The summed E-state index contributed by atoms with van der Waals surface area (Å²) in [4.78, 5) is 12.5. The lowest BCUT2D eigenvalue weighted by molar-refractivity contribution is -0.134. The molecule has 0 unspecified atom stereocenters. The Morgan fingerprint density at radius 3 is 2.00 bits per heavy atom. The minimum Gasteiger partial charge on any atom is -0.376 e. The molecule has 2 fully saturated rings. The maximum absolute atomic E-state index is 10.6. The molecule has 0 atom stereocenters. The molecule has 0 aromatic carbocycles. The van der Waals surface area contributed by atoms with Crippen LogP contribution >= 0.6 is 0 Å². The molecule has 20 heavy (non-hydrogen) atoms. The molecule has 1 saturated carbocycles. The van der Waals surface area contributed by atoms with Gasteiger partial charge in [0.15, 0.2) is 0 Å². The number of amides is 1. The first-order chi connectivity index (χ1) is 9.55. The van der Waals surface area contributed by atoms with E-state index in [1.54, 1.807) is 0 Å². The molecule has 1 heterocycles. The van der Waals surface area contributed by atoms with E-state index in [2.05, 4.69) is 27.7 Å². The zero-order valence-electron chi connectivity index (χ0n) is 14.4. The Kier molecular flexibility index (Phi) is 9.91. The molecule has 1 aliphatic carbocycles. The first-order valence-corrected chi connectivity index (χ1v) is 8.40. The van der Waals surface area contributed by atoms with E-state index in [0.717, 1.165) is 19.5 Å². The van der Waals surface area contributed by atoms with Crippen LogP contribution in [0.5, 0.6) is 0 Å². The Balaban J connectivity index is 0.000000641. The van der Waals surface area contributed by atoms with Crippen molar-refractivity contribution in [2.75, 3.05) is 13.1 Å². The third-order valence-corrected chi connectivity index (χ3v) is 3.79. The van der Waals surface area contributed by atoms with Gasteiger partial charge in [-0.2, -0.15) is 0 Å². The number of hydrogen-bond donors (Lipinski definition) is 0. The molecule has 1 saturated heterocycles. The van der Waals surface area contributed by atoms with E-state index >= 15 is 0 Å². The van der Waals surface area contributed by atoms with Crippen molar-refractivity contribution in [1.82, 2.24) is 4.90 Å². The van der Waals surface area contributed by atoms with Gasteiger partial charge in [-0.25, -0.2) is 0 Å². The highest BCUT2D eigenvalue weighted by Crippen LogP contribution is 2.50. The van der Waals surface area contributed by atoms with Gasteiger partial charge in [-0.15, -0.1) is 0 Å². The van der Waals surface area contributed by atoms with E-state index in [9.17, 15) is 4.79 Å². The summed E-state index contributed by atoms with van der Waals surface area (Å²) in [6.07, 6.45) is 7.81. The van der Waals surface area contributed by atoms with Gasteiger partial charge in [0, 0.05) is 13.1 Å². The Morgan fingerprint density at radius 2 is 1.65 bits per heavy atom. The molecule has 0 bridgehead atoms. The summed E-state index contributed by atoms with van der Waals surface area (Å²) in [5.74, 6) is 0. The van der Waals surface area contributed by atoms with Crippen LogP contribution in [0.2, 0.25) is 0 Å². The van der Waals surface area contributed by atoms with Gasteiger partial charge < -0.3 is 9.64 Å². The van der Waals surface area contributed by atoms with Crippen molar-refractivity contribution in [3.63, 3.8) is 0 Å². The fraction of sp³-hybridized carbons (Fsp3) is 0.941. The van der Waals surface area contributed by atoms with E-state index < -0.39 is 0 Å². The smallest absolute Gasteiger partial charge is 0.209 e. The number of likely N-dealkylation sites (tertiary alicyclic amines) is 1. The summed E-state index contributed by atoms with van der Waals surface area (Å²) in [5, 5.41) is 0. The van der Waals surface area contributed by atoms with Crippen molar-refractivity contribution in [1.29, 1.82) is 0 Å². The standard InChI is InChI=1S/C12H21NO2.C3H8.C2H6/c1-10(2)15-11-7-12(8-11)3-5-13(9-14)6-4-12;1-3-2;1-2/h9-11H,3-8H2,1-2H3;3H2,1-2H3;1-2H3. The molecule has 0 N–H and O–H groups in total. The lowest BCUT2D eigenvalue weighted by atomic mass is 9.61. The van der Waals surface area contributed by atoms with Crippen LogP contribution < -0.4 is 0 Å². The summed E-state index contributed by atoms with van der Waals surface area (Å²) in [5.41, 5.74) is 0.513. The Hall–Kier alpha value is -0.570. The Labute approximate surface area is 126 Å². The monoisotopic (exact) mass is 285 g/mol. The summed E-state index contributed by atoms with van der Waals surface area (Å²) < 4.78 is 5.78. The number of ether oxygens (including phenoxy) is 1. The summed E-state index contributed by atoms with van der Waals surface area (Å²) in [7, 11) is 0. The number of piperidine rings is 1. The van der Waals surface area contributed by atoms with Crippen molar-refractivity contribution in [3.8, 4) is 0 Å². The minimum atomic E-state index is 0.349. The van der Waals surface area contributed by atoms with Crippen LogP contribution in [0.25, 0.3) is 0 Å². The van der Waals surface area contributed by atoms with Crippen molar-refractivity contribution in [2.45, 2.75) is 85.9 Å². The zero-order valence-corrected chi connectivity index (χ0v) is 14.4. The van der Waals surface area contributed by atoms with E-state index in [1.165, 1.54) is 32.1 Å². The predicted molar refractivity (Wildman–Crippen MR) is 85.9 cm³/mol. The third-order valence-electron chi connectivity index (χ3n) is 3.79. The second-order valence-corrected chi connectivity index (χ2v) is 6.06. The Bertz CT molecular complexity index is 237. The first-order valence-electron chi connectivity index (χ1n) is 8.40. The summed E-state index contributed by atoms with van der Waals surface area (Å²) >= 11 is 0. The molecular weight excluding hydrogens is 250 g/mol. The fourth-order valence-electron chi connectivity index (χ4n) is 2.90. The molecule has 2 aliphatic rings. The molecule has 0 aromatic heterocycles. The van der Waals surface area contributed by atoms with E-state index in [4.69, 9.17) is 4.74 Å². The van der Waals surface area contributed by atoms with Crippen LogP contribution in [0.15, 0.2) is 0 Å². The van der Waals surface area contributed by atoms with Crippen LogP contribution in [0.1, 0.15) is 73.6 Å². The highest BCUT2D eigenvalue weighted by Gasteiger charge is 2.46. The average molecular weight is 285 g/mol. The largest absolute Gasteiger partial charge is 0.376 e. The molecule has 120 valence electrons. The first kappa shape index (κ1) is 19.4. The van der Waals surface area contributed by atoms with Crippen molar-refractivity contribution >= 4 is 6.41 Å². The minimum absolute atomic E-state index is 0.349. The summed E-state index contributed by atoms with van der Waals surface area (Å²) in [6.45, 7) is 14.3. The van der Waals surface area contributed by atoms with Gasteiger partial charge in [0.2, 0.25) is 6.41 Å². The lowest BCUT2D eigenvalue weighted by Crippen LogP contribution is -2.50. The maximum Gasteiger partial charge on any atom is 0.209 e. The van der Waals surface area contributed by atoms with Gasteiger partial charge in [-0.3, -0.25) is 4.79 Å². The number of nitrogens with zero attached hydrogens (tertiary/aromatic N) is 1. The SMILES string of the molecule is CC.CC(C)OC1CC2(CCN(C=O)CC2)C1.CCC. The fourth-order valence-corrected chi connectivity index (χ4v) is 2.90. The predicted octanol–water partition coefficient (Wildman–Crippen LogP) is 4.25. The highest BCUT2D eigenvalue weighted by molar-refractivity contribution is 5.47. The van der Waals surface area contributed by atoms with Gasteiger partial charge in [-0.05, 0) is 44.9 Å². The number of carbonyl (C=O) groups excluding carboxylic acids is 1. The number of carbonyl (C=O) groups is 1. The zero-order chi connectivity index (χ0) is 15.6. The highest BCUT2D eigenvalue weighted by atomic mass is 16.5. The van der Waals surface area contributed by atoms with Crippen LogP contribution in [-0.4, -0.2) is 36.6 Å². The second kappa shape index (κ2) is 10.2. The van der Waals surface area contributed by atoms with Crippen LogP contribution in [0.3, 0.4) is 0 Å². The van der Waals surface area contributed by atoms with Gasteiger partial charge >= 0.3 is 0 Å². The molecule has 1 spiro atoms. The molecule has 3 heteroatoms. The van der Waals surface area contributed by atoms with Crippen LogP contribution in [-0.2, 0) is 9.53 Å². The van der Waals surface area contributed by atoms with E-state index in [1.807, 2.05) is 18.7 Å². The number of rotatable bonds is 3.